The van der Waals surface area contributed by atoms with Crippen LogP contribution in [0.5, 0.6) is 0 Å². The molecule has 4 nitrogen and oxygen atoms in total. The zero-order valence-electron chi connectivity index (χ0n) is 12.9. The van der Waals surface area contributed by atoms with Crippen LogP contribution in [-0.4, -0.2) is 15.6 Å². The van der Waals surface area contributed by atoms with Crippen molar-refractivity contribution in [1.29, 1.82) is 0 Å². The first kappa shape index (κ1) is 17.7. The highest BCUT2D eigenvalue weighted by Gasteiger charge is 2.35. The SMILES string of the molecule is [C-]#[N+]c1ccc(CC(=O)C(C)(C)n2ccc(F)n2)cc1C(F)(F)F. The lowest BCUT2D eigenvalue weighted by atomic mass is 9.93. The van der Waals surface area contributed by atoms with E-state index in [0.29, 0.717) is 0 Å². The van der Waals surface area contributed by atoms with Crippen LogP contribution in [0.1, 0.15) is 25.0 Å². The maximum atomic E-state index is 13.0. The first-order valence-corrected chi connectivity index (χ1v) is 6.88. The van der Waals surface area contributed by atoms with E-state index in [1.165, 1.54) is 26.1 Å². The van der Waals surface area contributed by atoms with Crippen LogP contribution in [0.15, 0.2) is 30.5 Å². The Morgan fingerprint density at radius 1 is 1.29 bits per heavy atom. The quantitative estimate of drug-likeness (QED) is 0.620. The first-order valence-electron chi connectivity index (χ1n) is 6.88. The summed E-state index contributed by atoms with van der Waals surface area (Å²) < 4.78 is 53.1. The van der Waals surface area contributed by atoms with Gasteiger partial charge in [0.1, 0.15) is 5.54 Å². The van der Waals surface area contributed by atoms with Gasteiger partial charge in [-0.25, -0.2) is 4.85 Å². The number of halogens is 4. The normalized spacial score (nSPS) is 12.0. The van der Waals surface area contributed by atoms with Crippen LogP contribution < -0.4 is 0 Å². The Kier molecular flexibility index (Phi) is 4.47. The van der Waals surface area contributed by atoms with Crippen molar-refractivity contribution < 1.29 is 22.4 Å². The topological polar surface area (TPSA) is 39.2 Å². The number of alkyl halides is 3. The van der Waals surface area contributed by atoms with Gasteiger partial charge in [-0.1, -0.05) is 18.2 Å². The van der Waals surface area contributed by atoms with Gasteiger partial charge in [-0.15, -0.1) is 5.10 Å². The molecule has 0 aliphatic carbocycles. The Bertz CT molecular complexity index is 815. The highest BCUT2D eigenvalue weighted by atomic mass is 19.4. The summed E-state index contributed by atoms with van der Waals surface area (Å²) in [6.07, 6.45) is -3.69. The van der Waals surface area contributed by atoms with Gasteiger partial charge in [0.25, 0.3) is 0 Å². The molecular formula is C16H13F4N3O. The molecule has 1 heterocycles. The molecule has 0 aliphatic rings. The number of hydrogen-bond acceptors (Lipinski definition) is 2. The van der Waals surface area contributed by atoms with E-state index in [4.69, 9.17) is 6.57 Å². The minimum absolute atomic E-state index is 0.125. The fourth-order valence-electron chi connectivity index (χ4n) is 2.16. The minimum Gasteiger partial charge on any atom is -0.297 e. The van der Waals surface area contributed by atoms with Gasteiger partial charge >= 0.3 is 6.18 Å². The number of benzene rings is 1. The van der Waals surface area contributed by atoms with Gasteiger partial charge in [-0.05, 0) is 19.4 Å². The molecule has 0 spiro atoms. The molecule has 0 atom stereocenters. The number of carbonyl (C=O) groups is 1. The van der Waals surface area contributed by atoms with Crippen molar-refractivity contribution in [3.8, 4) is 0 Å². The highest BCUT2D eigenvalue weighted by Crippen LogP contribution is 2.37. The molecule has 0 saturated carbocycles. The molecule has 8 heteroatoms. The van der Waals surface area contributed by atoms with Gasteiger partial charge in [0.2, 0.25) is 5.95 Å². The maximum absolute atomic E-state index is 13.0. The molecule has 0 aliphatic heterocycles. The first-order chi connectivity index (χ1) is 11.1. The molecular weight excluding hydrogens is 326 g/mol. The zero-order valence-corrected chi connectivity index (χ0v) is 12.9. The van der Waals surface area contributed by atoms with Crippen LogP contribution in [0.3, 0.4) is 0 Å². The van der Waals surface area contributed by atoms with E-state index >= 15 is 0 Å². The Labute approximate surface area is 135 Å². The third-order valence-corrected chi connectivity index (χ3v) is 3.66. The van der Waals surface area contributed by atoms with Crippen LogP contribution in [0.2, 0.25) is 0 Å². The number of Topliss-reactive ketones (excluding diaryl/α,β-unsaturated/α-hetero) is 1. The highest BCUT2D eigenvalue weighted by molar-refractivity contribution is 5.87. The summed E-state index contributed by atoms with van der Waals surface area (Å²) in [6.45, 7) is 9.80. The largest absolute Gasteiger partial charge is 0.407 e. The second-order valence-corrected chi connectivity index (χ2v) is 5.70. The van der Waals surface area contributed by atoms with E-state index in [-0.39, 0.29) is 12.0 Å². The standard InChI is InChI=1S/C16H13F4N3O/c1-15(2,23-7-6-14(17)22-23)13(24)9-10-4-5-12(21-3)11(8-10)16(18,19)20/h4-8H,9H2,1-2H3. The van der Waals surface area contributed by atoms with Crippen molar-refractivity contribution in [1.82, 2.24) is 9.78 Å². The van der Waals surface area contributed by atoms with Crippen LogP contribution in [0.25, 0.3) is 4.85 Å². The number of nitrogens with zero attached hydrogens (tertiary/aromatic N) is 3. The van der Waals surface area contributed by atoms with Crippen molar-refractivity contribution in [3.05, 3.63) is 59.0 Å². The van der Waals surface area contributed by atoms with Gasteiger partial charge in [0.15, 0.2) is 11.5 Å². The van der Waals surface area contributed by atoms with Crippen molar-refractivity contribution in [2.75, 3.05) is 0 Å². The van der Waals surface area contributed by atoms with Crippen molar-refractivity contribution in [3.63, 3.8) is 0 Å². The second kappa shape index (κ2) is 6.07. The third-order valence-electron chi connectivity index (χ3n) is 3.66. The second-order valence-electron chi connectivity index (χ2n) is 5.70. The molecule has 2 rings (SSSR count). The minimum atomic E-state index is -4.68. The fourth-order valence-corrected chi connectivity index (χ4v) is 2.16. The predicted octanol–water partition coefficient (Wildman–Crippen LogP) is 4.14. The van der Waals surface area contributed by atoms with Crippen LogP contribution in [-0.2, 0) is 22.9 Å². The smallest absolute Gasteiger partial charge is 0.297 e. The van der Waals surface area contributed by atoms with Crippen LogP contribution in [0.4, 0.5) is 23.2 Å². The van der Waals surface area contributed by atoms with E-state index in [1.807, 2.05) is 0 Å². The lowest BCUT2D eigenvalue weighted by Crippen LogP contribution is -2.37. The average molecular weight is 339 g/mol. The maximum Gasteiger partial charge on any atom is 0.407 e. The Balaban J connectivity index is 2.31. The summed E-state index contributed by atoms with van der Waals surface area (Å²) in [4.78, 5) is 15.3. The molecule has 0 saturated heterocycles. The summed E-state index contributed by atoms with van der Waals surface area (Å²) in [5.41, 5.74) is -2.69. The molecule has 0 bridgehead atoms. The van der Waals surface area contributed by atoms with Gasteiger partial charge in [0.05, 0.1) is 12.1 Å². The fraction of sp³-hybridized carbons (Fsp3) is 0.312. The summed E-state index contributed by atoms with van der Waals surface area (Å²) in [5.74, 6) is -1.19. The Hall–Kier alpha value is -2.69. The Morgan fingerprint density at radius 2 is 1.96 bits per heavy atom. The lowest BCUT2D eigenvalue weighted by Gasteiger charge is -2.24. The molecule has 0 N–H and O–H groups in total. The lowest BCUT2D eigenvalue weighted by molar-refractivity contribution is -0.137. The summed E-state index contributed by atoms with van der Waals surface area (Å²) in [7, 11) is 0. The Morgan fingerprint density at radius 3 is 2.46 bits per heavy atom. The van der Waals surface area contributed by atoms with E-state index in [2.05, 4.69) is 9.94 Å². The molecule has 0 amide bonds. The van der Waals surface area contributed by atoms with Crippen LogP contribution >= 0.6 is 0 Å². The van der Waals surface area contributed by atoms with E-state index < -0.39 is 34.7 Å². The number of hydrogen-bond donors (Lipinski definition) is 0. The van der Waals surface area contributed by atoms with Gasteiger partial charge in [-0.3, -0.25) is 9.48 Å². The van der Waals surface area contributed by atoms with Crippen molar-refractivity contribution in [2.24, 2.45) is 0 Å². The van der Waals surface area contributed by atoms with Crippen molar-refractivity contribution >= 4 is 11.5 Å². The average Bonchev–Trinajstić information content (AvgIpc) is 2.93. The zero-order chi connectivity index (χ0) is 18.1. The number of rotatable bonds is 4. The molecule has 1 aromatic heterocycles. The number of aromatic nitrogens is 2. The van der Waals surface area contributed by atoms with Crippen LogP contribution in [0, 0.1) is 12.5 Å². The summed E-state index contributed by atoms with van der Waals surface area (Å²) >= 11 is 0. The number of carbonyl (C=O) groups excluding carboxylic acids is 1. The molecule has 24 heavy (non-hydrogen) atoms. The number of ketones is 1. The molecule has 126 valence electrons. The van der Waals surface area contributed by atoms with Gasteiger partial charge in [-0.2, -0.15) is 17.6 Å². The molecule has 1 aromatic carbocycles. The molecule has 0 unspecified atom stereocenters. The summed E-state index contributed by atoms with van der Waals surface area (Å²) in [6, 6.07) is 4.23. The molecule has 0 fully saturated rings. The van der Waals surface area contributed by atoms with Crippen molar-refractivity contribution in [2.45, 2.75) is 32.0 Å². The monoisotopic (exact) mass is 339 g/mol. The summed E-state index contributed by atoms with van der Waals surface area (Å²) in [5, 5.41) is 3.54. The van der Waals surface area contributed by atoms with E-state index in [0.717, 1.165) is 22.9 Å². The third kappa shape index (κ3) is 3.45. The molecule has 2 aromatic rings. The van der Waals surface area contributed by atoms with Gasteiger partial charge < -0.3 is 0 Å². The molecule has 0 radical (unpaired) electrons. The van der Waals surface area contributed by atoms with Gasteiger partial charge in [0, 0.05) is 18.7 Å². The predicted molar refractivity (Wildman–Crippen MR) is 77.9 cm³/mol. The van der Waals surface area contributed by atoms with E-state index in [9.17, 15) is 22.4 Å². The van der Waals surface area contributed by atoms with E-state index in [1.54, 1.807) is 0 Å².